The van der Waals surface area contributed by atoms with E-state index in [-0.39, 0.29) is 17.7 Å². The average Bonchev–Trinajstić information content (AvgIpc) is 2.79. The van der Waals surface area contributed by atoms with Crippen molar-refractivity contribution in [2.24, 2.45) is 0 Å². The summed E-state index contributed by atoms with van der Waals surface area (Å²) in [6.45, 7) is 3.69. The summed E-state index contributed by atoms with van der Waals surface area (Å²) in [7, 11) is 1.50. The number of rotatable bonds is 4. The zero-order chi connectivity index (χ0) is 14.0. The van der Waals surface area contributed by atoms with Crippen LogP contribution in [0.15, 0.2) is 18.5 Å². The molecule has 0 amide bonds. The van der Waals surface area contributed by atoms with Crippen molar-refractivity contribution >= 4 is 11.5 Å². The van der Waals surface area contributed by atoms with Crippen molar-refractivity contribution < 1.29 is 18.7 Å². The molecule has 1 atom stereocenters. The van der Waals surface area contributed by atoms with E-state index in [9.17, 15) is 9.18 Å². The number of nitrogens with zero attached hydrogens (tertiary/aromatic N) is 2. The minimum Gasteiger partial charge on any atom is -0.462 e. The van der Waals surface area contributed by atoms with Crippen LogP contribution in [0.3, 0.4) is 0 Å². The molecule has 0 aliphatic rings. The Kier molecular flexibility index (Phi) is 3.80. The van der Waals surface area contributed by atoms with Gasteiger partial charge in [-0.1, -0.05) is 0 Å². The second-order valence-electron chi connectivity index (χ2n) is 4.03. The maximum atomic E-state index is 13.9. The Bertz CT molecular complexity index is 609. The fourth-order valence-electron chi connectivity index (χ4n) is 1.97. The van der Waals surface area contributed by atoms with E-state index in [2.05, 4.69) is 5.10 Å². The van der Waals surface area contributed by atoms with Gasteiger partial charge in [0, 0.05) is 18.9 Å². The van der Waals surface area contributed by atoms with Gasteiger partial charge in [0.05, 0.1) is 24.5 Å². The van der Waals surface area contributed by atoms with Crippen LogP contribution >= 0.6 is 0 Å². The monoisotopic (exact) mass is 266 g/mol. The van der Waals surface area contributed by atoms with Crippen LogP contribution in [-0.4, -0.2) is 29.3 Å². The number of fused-ring (bicyclic) bond motifs is 1. The standard InChI is InChI=1S/C13H15FN2O3/c1-4-19-13(17)9-7-15-16-6-5-10(14)12(16)11(9)8(2)18-3/h5-8H,4H2,1-3H3/t8-/m0/s1. The zero-order valence-corrected chi connectivity index (χ0v) is 11.0. The number of carbonyl (C=O) groups excluding carboxylic acids is 1. The molecule has 102 valence electrons. The van der Waals surface area contributed by atoms with Gasteiger partial charge >= 0.3 is 5.97 Å². The third kappa shape index (κ3) is 2.31. The minimum atomic E-state index is -0.531. The Morgan fingerprint density at radius 2 is 2.32 bits per heavy atom. The Morgan fingerprint density at radius 3 is 2.95 bits per heavy atom. The van der Waals surface area contributed by atoms with E-state index >= 15 is 0 Å². The molecule has 6 heteroatoms. The van der Waals surface area contributed by atoms with Crippen molar-refractivity contribution in [1.29, 1.82) is 0 Å². The van der Waals surface area contributed by atoms with Gasteiger partial charge in [-0.25, -0.2) is 13.7 Å². The van der Waals surface area contributed by atoms with Gasteiger partial charge in [-0.3, -0.25) is 0 Å². The lowest BCUT2D eigenvalue weighted by molar-refractivity contribution is 0.0514. The highest BCUT2D eigenvalue weighted by molar-refractivity contribution is 5.93. The second kappa shape index (κ2) is 5.36. The fourth-order valence-corrected chi connectivity index (χ4v) is 1.97. The molecule has 0 spiro atoms. The van der Waals surface area contributed by atoms with Crippen molar-refractivity contribution in [2.45, 2.75) is 20.0 Å². The number of ether oxygens (including phenoxy) is 2. The van der Waals surface area contributed by atoms with Crippen LogP contribution in [0.2, 0.25) is 0 Å². The molecule has 0 radical (unpaired) electrons. The lowest BCUT2D eigenvalue weighted by atomic mass is 10.0. The summed E-state index contributed by atoms with van der Waals surface area (Å²) in [6.07, 6.45) is 2.41. The molecule has 2 aromatic heterocycles. The van der Waals surface area contributed by atoms with E-state index in [0.29, 0.717) is 5.56 Å². The highest BCUT2D eigenvalue weighted by Gasteiger charge is 2.23. The van der Waals surface area contributed by atoms with Crippen LogP contribution < -0.4 is 0 Å². The van der Waals surface area contributed by atoms with Crippen molar-refractivity contribution in [3.63, 3.8) is 0 Å². The Labute approximate surface area is 109 Å². The van der Waals surface area contributed by atoms with Crippen LogP contribution in [0.4, 0.5) is 4.39 Å². The summed E-state index contributed by atoms with van der Waals surface area (Å²) >= 11 is 0. The van der Waals surface area contributed by atoms with Crippen molar-refractivity contribution in [2.75, 3.05) is 13.7 Å². The highest BCUT2D eigenvalue weighted by Crippen LogP contribution is 2.27. The van der Waals surface area contributed by atoms with E-state index in [0.717, 1.165) is 0 Å². The molecule has 0 aliphatic carbocycles. The van der Waals surface area contributed by atoms with Gasteiger partial charge < -0.3 is 9.47 Å². The predicted octanol–water partition coefficient (Wildman–Crippen LogP) is 2.36. The summed E-state index contributed by atoms with van der Waals surface area (Å²) < 4.78 is 25.4. The van der Waals surface area contributed by atoms with Crippen molar-refractivity contribution in [3.8, 4) is 0 Å². The van der Waals surface area contributed by atoms with Crippen molar-refractivity contribution in [3.05, 3.63) is 35.4 Å². The molecule has 0 aliphatic heterocycles. The first-order chi connectivity index (χ1) is 9.10. The fraction of sp³-hybridized carbons (Fsp3) is 0.385. The zero-order valence-electron chi connectivity index (χ0n) is 11.0. The number of esters is 1. The molecule has 19 heavy (non-hydrogen) atoms. The summed E-state index contributed by atoms with van der Waals surface area (Å²) in [5.74, 6) is -0.977. The smallest absolute Gasteiger partial charge is 0.340 e. The molecule has 0 aromatic carbocycles. The Hall–Kier alpha value is -1.95. The topological polar surface area (TPSA) is 52.8 Å². The number of hydrogen-bond donors (Lipinski definition) is 0. The molecular weight excluding hydrogens is 251 g/mol. The van der Waals surface area contributed by atoms with Crippen LogP contribution in [0, 0.1) is 5.82 Å². The van der Waals surface area contributed by atoms with Crippen LogP contribution in [0.1, 0.15) is 35.9 Å². The third-order valence-electron chi connectivity index (χ3n) is 2.93. The SMILES string of the molecule is CCOC(=O)c1cnn2ccc(F)c2c1[C@H](C)OC. The number of methoxy groups -OCH3 is 1. The molecule has 2 rings (SSSR count). The van der Waals surface area contributed by atoms with Crippen LogP contribution in [0.5, 0.6) is 0 Å². The predicted molar refractivity (Wildman–Crippen MR) is 66.5 cm³/mol. The van der Waals surface area contributed by atoms with E-state index in [1.54, 1.807) is 13.8 Å². The Morgan fingerprint density at radius 1 is 1.58 bits per heavy atom. The van der Waals surface area contributed by atoms with E-state index in [1.165, 1.54) is 30.1 Å². The number of carbonyl (C=O) groups is 1. The highest BCUT2D eigenvalue weighted by atomic mass is 19.1. The number of halogens is 1. The molecule has 0 saturated heterocycles. The normalized spacial score (nSPS) is 12.6. The van der Waals surface area contributed by atoms with Crippen LogP contribution in [-0.2, 0) is 9.47 Å². The molecule has 0 unspecified atom stereocenters. The maximum Gasteiger partial charge on any atom is 0.340 e. The van der Waals surface area contributed by atoms with Gasteiger partial charge in [-0.05, 0) is 19.9 Å². The minimum absolute atomic E-state index is 0.223. The van der Waals surface area contributed by atoms with Gasteiger partial charge in [0.25, 0.3) is 0 Å². The summed E-state index contributed by atoms with van der Waals surface area (Å²) in [4.78, 5) is 11.9. The van der Waals surface area contributed by atoms with Gasteiger partial charge in [0.1, 0.15) is 5.52 Å². The number of hydrogen-bond acceptors (Lipinski definition) is 4. The largest absolute Gasteiger partial charge is 0.462 e. The molecule has 0 fully saturated rings. The lowest BCUT2D eigenvalue weighted by Crippen LogP contribution is -2.14. The second-order valence-corrected chi connectivity index (χ2v) is 4.03. The average molecular weight is 266 g/mol. The van der Waals surface area contributed by atoms with Crippen LogP contribution in [0.25, 0.3) is 5.52 Å². The van der Waals surface area contributed by atoms with Crippen molar-refractivity contribution in [1.82, 2.24) is 9.61 Å². The molecule has 2 aromatic rings. The molecule has 0 N–H and O–H groups in total. The molecule has 2 heterocycles. The first kappa shape index (κ1) is 13.5. The summed E-state index contributed by atoms with van der Waals surface area (Å²) in [5, 5.41) is 4.00. The molecule has 5 nitrogen and oxygen atoms in total. The summed E-state index contributed by atoms with van der Waals surface area (Å²) in [6, 6.07) is 1.29. The first-order valence-electron chi connectivity index (χ1n) is 5.95. The Balaban J connectivity index is 2.69. The lowest BCUT2D eigenvalue weighted by Gasteiger charge is -2.15. The molecule has 0 bridgehead atoms. The van der Waals surface area contributed by atoms with E-state index in [4.69, 9.17) is 9.47 Å². The summed E-state index contributed by atoms with van der Waals surface area (Å²) in [5.41, 5.74) is 0.902. The van der Waals surface area contributed by atoms with E-state index < -0.39 is 17.9 Å². The molecule has 0 saturated carbocycles. The van der Waals surface area contributed by atoms with Gasteiger partial charge in [0.2, 0.25) is 0 Å². The third-order valence-corrected chi connectivity index (χ3v) is 2.93. The first-order valence-corrected chi connectivity index (χ1v) is 5.95. The van der Waals surface area contributed by atoms with Gasteiger partial charge in [-0.2, -0.15) is 5.10 Å². The van der Waals surface area contributed by atoms with Gasteiger partial charge in [-0.15, -0.1) is 0 Å². The molecular formula is C13H15FN2O3. The quantitative estimate of drug-likeness (QED) is 0.797. The maximum absolute atomic E-state index is 13.9. The van der Waals surface area contributed by atoms with E-state index in [1.807, 2.05) is 0 Å². The number of aromatic nitrogens is 2. The van der Waals surface area contributed by atoms with Gasteiger partial charge in [0.15, 0.2) is 5.82 Å².